The summed E-state index contributed by atoms with van der Waals surface area (Å²) in [7, 11) is -2.15. The number of sulfonamides is 1. The lowest BCUT2D eigenvalue weighted by atomic mass is 9.93. The van der Waals surface area contributed by atoms with Crippen LogP contribution >= 0.6 is 23.2 Å². The Morgan fingerprint density at radius 1 is 1.17 bits per heavy atom. The molecule has 1 N–H and O–H groups in total. The number of rotatable bonds is 5. The van der Waals surface area contributed by atoms with E-state index in [1.165, 1.54) is 16.4 Å². The molecule has 1 atom stereocenters. The zero-order valence-corrected chi connectivity index (χ0v) is 17.9. The van der Waals surface area contributed by atoms with E-state index < -0.39 is 10.0 Å². The van der Waals surface area contributed by atoms with Crippen LogP contribution in [0.1, 0.15) is 30.1 Å². The molecule has 6 nitrogen and oxygen atoms in total. The molecule has 0 unspecified atom stereocenters. The van der Waals surface area contributed by atoms with Gasteiger partial charge in [-0.3, -0.25) is 5.10 Å². The molecule has 1 aromatic heterocycles. The molecule has 0 saturated heterocycles. The van der Waals surface area contributed by atoms with E-state index in [1.54, 1.807) is 43.6 Å². The molecular formula is C20H19Cl2N3O3S. The number of fused-ring (bicyclic) bond motifs is 1. The van der Waals surface area contributed by atoms with Crippen molar-refractivity contribution in [3.05, 3.63) is 70.0 Å². The predicted octanol–water partition coefficient (Wildman–Crippen LogP) is 5.21. The SMILES string of the molecule is CN([C@@H]1CCCc2[nH]ncc21)S(=O)(=O)c1ccc(Oc2ccc(Cl)cc2)c(Cl)c1. The summed E-state index contributed by atoms with van der Waals surface area (Å²) in [5, 5.41) is 7.83. The van der Waals surface area contributed by atoms with Crippen LogP contribution in [0.5, 0.6) is 11.5 Å². The number of nitrogens with one attached hydrogen (secondary N) is 1. The minimum Gasteiger partial charge on any atom is -0.456 e. The number of hydrogen-bond acceptors (Lipinski definition) is 4. The van der Waals surface area contributed by atoms with E-state index in [0.717, 1.165) is 30.5 Å². The first kappa shape index (κ1) is 20.2. The monoisotopic (exact) mass is 451 g/mol. The van der Waals surface area contributed by atoms with E-state index in [9.17, 15) is 8.42 Å². The molecule has 0 radical (unpaired) electrons. The van der Waals surface area contributed by atoms with E-state index in [4.69, 9.17) is 27.9 Å². The largest absolute Gasteiger partial charge is 0.456 e. The van der Waals surface area contributed by atoms with Crippen LogP contribution in [0.15, 0.2) is 53.6 Å². The summed E-state index contributed by atoms with van der Waals surface area (Å²) < 4.78 is 33.5. The van der Waals surface area contributed by atoms with E-state index in [1.807, 2.05) is 0 Å². The van der Waals surface area contributed by atoms with Gasteiger partial charge in [-0.05, 0) is 61.7 Å². The molecule has 2 aromatic carbocycles. The van der Waals surface area contributed by atoms with Gasteiger partial charge >= 0.3 is 0 Å². The molecule has 1 heterocycles. The average Bonchev–Trinajstić information content (AvgIpc) is 3.19. The Kier molecular flexibility index (Phi) is 5.57. The quantitative estimate of drug-likeness (QED) is 0.577. The highest BCUT2D eigenvalue weighted by molar-refractivity contribution is 7.89. The van der Waals surface area contributed by atoms with Crippen molar-refractivity contribution in [2.75, 3.05) is 7.05 Å². The lowest BCUT2D eigenvalue weighted by Crippen LogP contribution is -2.33. The molecule has 0 fully saturated rings. The van der Waals surface area contributed by atoms with Crippen molar-refractivity contribution >= 4 is 33.2 Å². The number of aromatic nitrogens is 2. The fourth-order valence-corrected chi connectivity index (χ4v) is 5.31. The number of aryl methyl sites for hydroxylation is 1. The minimum absolute atomic E-state index is 0.115. The Balaban J connectivity index is 1.59. The Morgan fingerprint density at radius 3 is 2.66 bits per heavy atom. The maximum absolute atomic E-state index is 13.2. The Morgan fingerprint density at radius 2 is 1.93 bits per heavy atom. The molecule has 0 saturated carbocycles. The number of aromatic amines is 1. The summed E-state index contributed by atoms with van der Waals surface area (Å²) in [5.74, 6) is 0.920. The van der Waals surface area contributed by atoms with Crippen molar-refractivity contribution in [3.8, 4) is 11.5 Å². The first-order valence-corrected chi connectivity index (χ1v) is 11.3. The number of ether oxygens (including phenoxy) is 1. The summed E-state index contributed by atoms with van der Waals surface area (Å²) in [5.41, 5.74) is 1.92. The standard InChI is InChI=1S/C20H19Cl2N3O3S/c1-25(19-4-2-3-18-16(19)12-23-24-18)29(26,27)15-9-10-20(17(22)11-15)28-14-7-5-13(21)6-8-14/h5-12,19H,2-4H2,1H3,(H,23,24)/t19-/m1/s1. The lowest BCUT2D eigenvalue weighted by Gasteiger charge is -2.30. The molecule has 9 heteroatoms. The van der Waals surface area contributed by atoms with Crippen LogP contribution in [0.3, 0.4) is 0 Å². The maximum atomic E-state index is 13.2. The van der Waals surface area contributed by atoms with E-state index in [2.05, 4.69) is 10.2 Å². The molecule has 1 aliphatic carbocycles. The summed E-state index contributed by atoms with van der Waals surface area (Å²) >= 11 is 12.2. The van der Waals surface area contributed by atoms with Gasteiger partial charge in [0.1, 0.15) is 11.5 Å². The Hall–Kier alpha value is -2.06. The van der Waals surface area contributed by atoms with Crippen LogP contribution in [-0.2, 0) is 16.4 Å². The van der Waals surface area contributed by atoms with Gasteiger partial charge in [0.05, 0.1) is 22.2 Å². The highest BCUT2D eigenvalue weighted by Gasteiger charge is 2.33. The van der Waals surface area contributed by atoms with Crippen molar-refractivity contribution in [1.82, 2.24) is 14.5 Å². The third kappa shape index (κ3) is 4.00. The highest BCUT2D eigenvalue weighted by atomic mass is 35.5. The van der Waals surface area contributed by atoms with Crippen LogP contribution in [0.2, 0.25) is 10.0 Å². The van der Waals surface area contributed by atoms with Crippen molar-refractivity contribution in [2.24, 2.45) is 0 Å². The van der Waals surface area contributed by atoms with Gasteiger partial charge in [-0.15, -0.1) is 0 Å². The molecule has 0 spiro atoms. The van der Waals surface area contributed by atoms with Gasteiger partial charge in [-0.2, -0.15) is 9.40 Å². The van der Waals surface area contributed by atoms with Crippen LogP contribution < -0.4 is 4.74 Å². The summed E-state index contributed by atoms with van der Waals surface area (Å²) in [6.07, 6.45) is 4.23. The topological polar surface area (TPSA) is 75.3 Å². The zero-order chi connectivity index (χ0) is 20.6. The average molecular weight is 452 g/mol. The van der Waals surface area contributed by atoms with Crippen molar-refractivity contribution < 1.29 is 13.2 Å². The van der Waals surface area contributed by atoms with Gasteiger partial charge in [0.25, 0.3) is 0 Å². The fourth-order valence-electron chi connectivity index (χ4n) is 3.50. The van der Waals surface area contributed by atoms with Crippen LogP contribution in [0.4, 0.5) is 0 Å². The number of nitrogens with zero attached hydrogens (tertiary/aromatic N) is 2. The number of halogens is 2. The van der Waals surface area contributed by atoms with Crippen molar-refractivity contribution in [1.29, 1.82) is 0 Å². The molecule has 29 heavy (non-hydrogen) atoms. The fraction of sp³-hybridized carbons (Fsp3) is 0.250. The van der Waals surface area contributed by atoms with Gasteiger partial charge in [-0.25, -0.2) is 8.42 Å². The van der Waals surface area contributed by atoms with Crippen LogP contribution in [-0.4, -0.2) is 30.0 Å². The molecule has 4 rings (SSSR count). The van der Waals surface area contributed by atoms with Gasteiger partial charge in [-0.1, -0.05) is 23.2 Å². The molecule has 0 amide bonds. The summed E-state index contributed by atoms with van der Waals surface area (Å²) in [4.78, 5) is 0.115. The van der Waals surface area contributed by atoms with Crippen molar-refractivity contribution in [3.63, 3.8) is 0 Å². The second kappa shape index (κ2) is 7.99. The van der Waals surface area contributed by atoms with Crippen molar-refractivity contribution in [2.45, 2.75) is 30.2 Å². The van der Waals surface area contributed by atoms with Gasteiger partial charge in [0.15, 0.2) is 0 Å². The van der Waals surface area contributed by atoms with E-state index in [-0.39, 0.29) is 16.0 Å². The van der Waals surface area contributed by atoms with Gasteiger partial charge in [0, 0.05) is 23.3 Å². The predicted molar refractivity (Wildman–Crippen MR) is 112 cm³/mol. The lowest BCUT2D eigenvalue weighted by molar-refractivity contribution is 0.337. The summed E-state index contributed by atoms with van der Waals surface area (Å²) in [6.45, 7) is 0. The molecule has 1 aliphatic rings. The maximum Gasteiger partial charge on any atom is 0.243 e. The second-order valence-corrected chi connectivity index (χ2v) is 9.72. The smallest absolute Gasteiger partial charge is 0.243 e. The molecular weight excluding hydrogens is 433 g/mol. The Bertz CT molecular complexity index is 1130. The first-order valence-electron chi connectivity index (χ1n) is 9.09. The number of hydrogen-bond donors (Lipinski definition) is 1. The third-order valence-corrected chi connectivity index (χ3v) is 7.49. The number of H-pyrrole nitrogens is 1. The molecule has 0 bridgehead atoms. The van der Waals surface area contributed by atoms with Crippen LogP contribution in [0, 0.1) is 0 Å². The molecule has 0 aliphatic heterocycles. The summed E-state index contributed by atoms with van der Waals surface area (Å²) in [6, 6.07) is 11.0. The highest BCUT2D eigenvalue weighted by Crippen LogP contribution is 2.37. The van der Waals surface area contributed by atoms with E-state index >= 15 is 0 Å². The van der Waals surface area contributed by atoms with Crippen LogP contribution in [0.25, 0.3) is 0 Å². The van der Waals surface area contributed by atoms with Gasteiger partial charge < -0.3 is 4.74 Å². The Labute approximate surface area is 179 Å². The third-order valence-electron chi connectivity index (χ3n) is 5.08. The van der Waals surface area contributed by atoms with E-state index in [0.29, 0.717) is 16.5 Å². The second-order valence-electron chi connectivity index (χ2n) is 6.88. The first-order chi connectivity index (χ1) is 13.9. The number of benzene rings is 2. The molecule has 3 aromatic rings. The minimum atomic E-state index is -3.74. The molecule has 152 valence electrons. The normalized spacial score (nSPS) is 16.6. The van der Waals surface area contributed by atoms with Gasteiger partial charge in [0.2, 0.25) is 10.0 Å². The zero-order valence-electron chi connectivity index (χ0n) is 15.6.